The van der Waals surface area contributed by atoms with Crippen LogP contribution in [0.1, 0.15) is 24.6 Å². The Morgan fingerprint density at radius 1 is 1.67 bits per heavy atom. The third-order valence-corrected chi connectivity index (χ3v) is 2.60. The number of nitrogens with zero attached hydrogens (tertiary/aromatic N) is 1. The summed E-state index contributed by atoms with van der Waals surface area (Å²) >= 11 is 0. The van der Waals surface area contributed by atoms with E-state index in [0.717, 1.165) is 30.5 Å². The molecule has 2 N–H and O–H groups in total. The molecule has 0 bridgehead atoms. The maximum Gasteiger partial charge on any atom is 0.345 e. The third kappa shape index (κ3) is 2.23. The van der Waals surface area contributed by atoms with Crippen LogP contribution in [0.5, 0.6) is 0 Å². The number of nitrogens with one attached hydrogen (secondary N) is 2. The van der Waals surface area contributed by atoms with Crippen LogP contribution in [0.4, 0.5) is 0 Å². The molecule has 1 atom stereocenters. The lowest BCUT2D eigenvalue weighted by molar-refractivity contribution is -0.119. The second-order valence-electron chi connectivity index (χ2n) is 3.83. The first-order valence-corrected chi connectivity index (χ1v) is 4.99. The van der Waals surface area contributed by atoms with Gasteiger partial charge in [0.15, 0.2) is 0 Å². The molecule has 0 aromatic carbocycles. The predicted octanol–water partition coefficient (Wildman–Crippen LogP) is -0.237. The molecule has 1 aromatic rings. The molecule has 1 heterocycles. The van der Waals surface area contributed by atoms with Crippen LogP contribution < -0.4 is 11.0 Å². The van der Waals surface area contributed by atoms with Crippen LogP contribution in [0, 0.1) is 0 Å². The average Bonchev–Trinajstić information content (AvgIpc) is 2.17. The first-order chi connectivity index (χ1) is 7.15. The van der Waals surface area contributed by atoms with Crippen molar-refractivity contribution in [1.29, 1.82) is 0 Å². The first kappa shape index (κ1) is 9.89. The van der Waals surface area contributed by atoms with Gasteiger partial charge in [0.05, 0.1) is 0 Å². The predicted molar refractivity (Wildman–Crippen MR) is 54.5 cm³/mol. The number of H-pyrrole nitrogens is 1. The van der Waals surface area contributed by atoms with Crippen molar-refractivity contribution >= 4 is 5.91 Å². The maximum absolute atomic E-state index is 11.0. The molecule has 0 radical (unpaired) electrons. The highest BCUT2D eigenvalue weighted by atomic mass is 16.1. The molecule has 1 aliphatic rings. The van der Waals surface area contributed by atoms with Gasteiger partial charge in [-0.2, -0.15) is 0 Å². The largest absolute Gasteiger partial charge is 0.353 e. The lowest BCUT2D eigenvalue weighted by Crippen LogP contribution is -2.38. The van der Waals surface area contributed by atoms with Crippen molar-refractivity contribution in [2.45, 2.75) is 32.2 Å². The van der Waals surface area contributed by atoms with Gasteiger partial charge in [0.25, 0.3) is 0 Å². The molecule has 0 saturated carbocycles. The minimum absolute atomic E-state index is 0.0131. The number of hydrogen-bond donors (Lipinski definition) is 2. The highest BCUT2D eigenvalue weighted by Crippen LogP contribution is 2.17. The molecule has 0 aliphatic heterocycles. The first-order valence-electron chi connectivity index (χ1n) is 4.99. The van der Waals surface area contributed by atoms with Crippen LogP contribution in [0.3, 0.4) is 0 Å². The van der Waals surface area contributed by atoms with Gasteiger partial charge in [-0.25, -0.2) is 9.78 Å². The minimum Gasteiger partial charge on any atom is -0.353 e. The molecule has 1 amide bonds. The van der Waals surface area contributed by atoms with Crippen molar-refractivity contribution in [2.24, 2.45) is 0 Å². The fourth-order valence-electron chi connectivity index (χ4n) is 1.95. The quantitative estimate of drug-likeness (QED) is 0.667. The Kier molecular flexibility index (Phi) is 2.53. The summed E-state index contributed by atoms with van der Waals surface area (Å²) in [5.41, 5.74) is 1.68. The Morgan fingerprint density at radius 3 is 3.20 bits per heavy atom. The summed E-state index contributed by atoms with van der Waals surface area (Å²) in [6, 6.07) is 0.169. The van der Waals surface area contributed by atoms with E-state index in [1.807, 2.05) is 0 Å². The van der Waals surface area contributed by atoms with Crippen LogP contribution in [0.15, 0.2) is 11.0 Å². The molecule has 1 unspecified atom stereocenters. The molecule has 0 saturated heterocycles. The van der Waals surface area contributed by atoms with Crippen LogP contribution in [0.25, 0.3) is 0 Å². The number of aromatic nitrogens is 2. The zero-order valence-corrected chi connectivity index (χ0v) is 8.54. The Balaban J connectivity index is 2.16. The molecular weight excluding hydrogens is 194 g/mol. The molecule has 5 nitrogen and oxygen atoms in total. The second-order valence-corrected chi connectivity index (χ2v) is 3.83. The molecule has 5 heteroatoms. The standard InChI is InChI=1S/C10H13N3O2/c1-6(14)12-8-2-3-9-7(4-8)5-11-10(15)13-9/h5,8H,2-4H2,1H3,(H,12,14)(H,11,13,15). The summed E-state index contributed by atoms with van der Waals surface area (Å²) in [6.45, 7) is 1.51. The highest BCUT2D eigenvalue weighted by Gasteiger charge is 2.19. The highest BCUT2D eigenvalue weighted by molar-refractivity contribution is 5.73. The lowest BCUT2D eigenvalue weighted by atomic mass is 9.93. The number of carbonyl (C=O) groups excluding carboxylic acids is 1. The Labute approximate surface area is 86.9 Å². The number of hydrogen-bond acceptors (Lipinski definition) is 3. The molecular formula is C10H13N3O2. The third-order valence-electron chi connectivity index (χ3n) is 2.60. The number of rotatable bonds is 1. The van der Waals surface area contributed by atoms with Gasteiger partial charge in [-0.3, -0.25) is 4.79 Å². The number of aryl methyl sites for hydroxylation is 1. The second kappa shape index (κ2) is 3.84. The van der Waals surface area contributed by atoms with Crippen molar-refractivity contribution in [1.82, 2.24) is 15.3 Å². The van der Waals surface area contributed by atoms with E-state index in [1.165, 1.54) is 6.92 Å². The fraction of sp³-hybridized carbons (Fsp3) is 0.500. The molecule has 80 valence electrons. The summed E-state index contributed by atoms with van der Waals surface area (Å²) in [5.74, 6) is -0.0131. The van der Waals surface area contributed by atoms with E-state index in [1.54, 1.807) is 6.20 Å². The van der Waals surface area contributed by atoms with Crippen molar-refractivity contribution < 1.29 is 4.79 Å². The Hall–Kier alpha value is -1.65. The minimum atomic E-state index is -0.299. The number of amides is 1. The van der Waals surface area contributed by atoms with Crippen molar-refractivity contribution in [2.75, 3.05) is 0 Å². The number of fused-ring (bicyclic) bond motifs is 1. The van der Waals surface area contributed by atoms with Crippen LogP contribution in [-0.2, 0) is 17.6 Å². The summed E-state index contributed by atoms with van der Waals surface area (Å²) in [7, 11) is 0. The van der Waals surface area contributed by atoms with Gasteiger partial charge >= 0.3 is 5.69 Å². The molecule has 1 aliphatic carbocycles. The van der Waals surface area contributed by atoms with E-state index in [4.69, 9.17) is 0 Å². The van der Waals surface area contributed by atoms with Gasteiger partial charge in [-0.15, -0.1) is 0 Å². The van der Waals surface area contributed by atoms with Gasteiger partial charge in [0.2, 0.25) is 5.91 Å². The lowest BCUT2D eigenvalue weighted by Gasteiger charge is -2.23. The zero-order chi connectivity index (χ0) is 10.8. The van der Waals surface area contributed by atoms with Crippen LogP contribution in [-0.4, -0.2) is 21.9 Å². The van der Waals surface area contributed by atoms with E-state index in [2.05, 4.69) is 15.3 Å². The normalized spacial score (nSPS) is 19.4. The van der Waals surface area contributed by atoms with Gasteiger partial charge in [-0.05, 0) is 24.8 Å². The Bertz CT molecular complexity index is 439. The van der Waals surface area contributed by atoms with Crippen LogP contribution >= 0.6 is 0 Å². The molecule has 2 rings (SSSR count). The summed E-state index contributed by atoms with van der Waals surface area (Å²) < 4.78 is 0. The van der Waals surface area contributed by atoms with E-state index < -0.39 is 0 Å². The average molecular weight is 207 g/mol. The summed E-state index contributed by atoms with van der Waals surface area (Å²) in [4.78, 5) is 28.3. The van der Waals surface area contributed by atoms with Crippen LogP contribution in [0.2, 0.25) is 0 Å². The molecule has 15 heavy (non-hydrogen) atoms. The van der Waals surface area contributed by atoms with Gasteiger partial charge < -0.3 is 10.3 Å². The number of carbonyl (C=O) groups is 1. The maximum atomic E-state index is 11.0. The van der Waals surface area contributed by atoms with E-state index in [9.17, 15) is 9.59 Å². The fourth-order valence-corrected chi connectivity index (χ4v) is 1.95. The monoisotopic (exact) mass is 207 g/mol. The van der Waals surface area contributed by atoms with E-state index in [0.29, 0.717) is 0 Å². The number of aromatic amines is 1. The molecule has 0 spiro atoms. The SMILES string of the molecule is CC(=O)NC1CCc2[nH]c(=O)ncc2C1. The van der Waals surface area contributed by atoms with Crippen molar-refractivity contribution in [3.63, 3.8) is 0 Å². The van der Waals surface area contributed by atoms with Gasteiger partial charge in [0, 0.05) is 24.9 Å². The van der Waals surface area contributed by atoms with Gasteiger partial charge in [-0.1, -0.05) is 0 Å². The van der Waals surface area contributed by atoms with E-state index in [-0.39, 0.29) is 17.6 Å². The van der Waals surface area contributed by atoms with Gasteiger partial charge in [0.1, 0.15) is 0 Å². The smallest absolute Gasteiger partial charge is 0.345 e. The summed E-state index contributed by atoms with van der Waals surface area (Å²) in [5, 5.41) is 2.88. The van der Waals surface area contributed by atoms with Crippen molar-refractivity contribution in [3.8, 4) is 0 Å². The molecule has 1 aromatic heterocycles. The summed E-state index contributed by atoms with van der Waals surface area (Å²) in [6.07, 6.45) is 4.01. The zero-order valence-electron chi connectivity index (χ0n) is 8.54. The topological polar surface area (TPSA) is 74.8 Å². The Morgan fingerprint density at radius 2 is 2.47 bits per heavy atom. The van der Waals surface area contributed by atoms with E-state index >= 15 is 0 Å². The van der Waals surface area contributed by atoms with Crippen molar-refractivity contribution in [3.05, 3.63) is 27.9 Å². The molecule has 0 fully saturated rings.